The number of aromatic nitrogens is 1. The fourth-order valence-electron chi connectivity index (χ4n) is 1.80. The largest absolute Gasteiger partial charge is 0.409 e. The molecule has 0 atom stereocenters. The molecule has 20 heavy (non-hydrogen) atoms. The van der Waals surface area contributed by atoms with Crippen molar-refractivity contribution >= 4 is 34.6 Å². The van der Waals surface area contributed by atoms with Crippen molar-refractivity contribution in [3.05, 3.63) is 44.7 Å². The quantitative estimate of drug-likeness (QED) is 0.394. The first-order valence-corrected chi connectivity index (χ1v) is 7.11. The lowest BCUT2D eigenvalue weighted by molar-refractivity contribution is 0.318. The third-order valence-corrected chi connectivity index (χ3v) is 3.97. The number of hydrogen-bond donors (Lipinski definition) is 2. The Morgan fingerprint density at radius 1 is 1.50 bits per heavy atom. The fourth-order valence-corrected chi connectivity index (χ4v) is 2.94. The van der Waals surface area contributed by atoms with Crippen LogP contribution in [0, 0.1) is 6.92 Å². The summed E-state index contributed by atoms with van der Waals surface area (Å²) in [4.78, 5) is 7.59. The Kier molecular flexibility index (Phi) is 4.46. The van der Waals surface area contributed by atoms with E-state index in [4.69, 9.17) is 22.5 Å². The summed E-state index contributed by atoms with van der Waals surface area (Å²) in [5, 5.41) is 11.8. The van der Waals surface area contributed by atoms with E-state index < -0.39 is 0 Å². The summed E-state index contributed by atoms with van der Waals surface area (Å²) in [5.41, 5.74) is 7.08. The highest BCUT2D eigenvalue weighted by Crippen LogP contribution is 2.24. The normalized spacial score (nSPS) is 11.7. The summed E-state index contributed by atoms with van der Waals surface area (Å²) < 4.78 is 0.767. The van der Waals surface area contributed by atoms with Crippen molar-refractivity contribution in [2.75, 3.05) is 11.9 Å². The zero-order chi connectivity index (χ0) is 14.7. The SMILES string of the molecule is Cc1cc(/C(N)=N/O)cc(N(C)Cc2ccc(Cl)s2)n1. The molecule has 0 aliphatic carbocycles. The number of thiophene rings is 1. The molecular weight excluding hydrogens is 296 g/mol. The van der Waals surface area contributed by atoms with Gasteiger partial charge in [0.15, 0.2) is 5.84 Å². The summed E-state index contributed by atoms with van der Waals surface area (Å²) in [6.45, 7) is 2.57. The highest BCUT2D eigenvalue weighted by Gasteiger charge is 2.09. The minimum Gasteiger partial charge on any atom is -0.409 e. The molecule has 0 aliphatic rings. The highest BCUT2D eigenvalue weighted by atomic mass is 35.5. The van der Waals surface area contributed by atoms with Crippen molar-refractivity contribution in [1.29, 1.82) is 0 Å². The van der Waals surface area contributed by atoms with Gasteiger partial charge in [-0.2, -0.15) is 0 Å². The van der Waals surface area contributed by atoms with E-state index in [2.05, 4.69) is 10.1 Å². The van der Waals surface area contributed by atoms with Crippen molar-refractivity contribution in [2.24, 2.45) is 10.9 Å². The fraction of sp³-hybridized carbons (Fsp3) is 0.231. The first-order chi connectivity index (χ1) is 9.49. The van der Waals surface area contributed by atoms with Crippen LogP contribution in [0.15, 0.2) is 29.4 Å². The van der Waals surface area contributed by atoms with E-state index in [-0.39, 0.29) is 5.84 Å². The number of aryl methyl sites for hydroxylation is 1. The highest BCUT2D eigenvalue weighted by molar-refractivity contribution is 7.16. The van der Waals surface area contributed by atoms with Crippen molar-refractivity contribution in [2.45, 2.75) is 13.5 Å². The van der Waals surface area contributed by atoms with Crippen LogP contribution in [0.4, 0.5) is 5.82 Å². The van der Waals surface area contributed by atoms with E-state index in [0.29, 0.717) is 12.1 Å². The molecule has 0 saturated heterocycles. The summed E-state index contributed by atoms with van der Waals surface area (Å²) in [7, 11) is 1.94. The van der Waals surface area contributed by atoms with Crippen LogP contribution in [-0.4, -0.2) is 23.1 Å². The van der Waals surface area contributed by atoms with Gasteiger partial charge in [-0.1, -0.05) is 16.8 Å². The Balaban J connectivity index is 2.25. The van der Waals surface area contributed by atoms with Crippen LogP contribution in [0.25, 0.3) is 0 Å². The summed E-state index contributed by atoms with van der Waals surface area (Å²) >= 11 is 7.46. The molecule has 2 rings (SSSR count). The number of hydrogen-bond acceptors (Lipinski definition) is 5. The smallest absolute Gasteiger partial charge is 0.170 e. The van der Waals surface area contributed by atoms with Gasteiger partial charge >= 0.3 is 0 Å². The topological polar surface area (TPSA) is 74.7 Å². The Bertz CT molecular complexity index is 641. The molecule has 0 aromatic carbocycles. The lowest BCUT2D eigenvalue weighted by atomic mass is 10.2. The van der Waals surface area contributed by atoms with Crippen LogP contribution in [0.1, 0.15) is 16.1 Å². The molecule has 0 spiro atoms. The summed E-state index contributed by atoms with van der Waals surface area (Å²) in [5.74, 6) is 0.834. The molecule has 2 aromatic rings. The summed E-state index contributed by atoms with van der Waals surface area (Å²) in [6.07, 6.45) is 0. The van der Waals surface area contributed by atoms with Crippen LogP contribution >= 0.6 is 22.9 Å². The number of anilines is 1. The molecule has 0 fully saturated rings. The second-order valence-corrected chi connectivity index (χ2v) is 6.20. The van der Waals surface area contributed by atoms with E-state index in [1.807, 2.05) is 31.0 Å². The number of nitrogens with two attached hydrogens (primary N) is 1. The average molecular weight is 311 g/mol. The number of nitrogens with zero attached hydrogens (tertiary/aromatic N) is 3. The zero-order valence-electron chi connectivity index (χ0n) is 11.2. The molecule has 106 valence electrons. The molecule has 7 heteroatoms. The second kappa shape index (κ2) is 6.11. The van der Waals surface area contributed by atoms with Crippen molar-refractivity contribution in [1.82, 2.24) is 4.98 Å². The van der Waals surface area contributed by atoms with Crippen LogP contribution < -0.4 is 10.6 Å². The van der Waals surface area contributed by atoms with Crippen LogP contribution in [0.2, 0.25) is 4.34 Å². The van der Waals surface area contributed by atoms with Gasteiger partial charge in [-0.05, 0) is 31.2 Å². The van der Waals surface area contributed by atoms with E-state index in [9.17, 15) is 0 Å². The molecule has 0 bridgehead atoms. The number of rotatable bonds is 4. The predicted octanol–water partition coefficient (Wildman–Crippen LogP) is 2.84. The van der Waals surface area contributed by atoms with Gasteiger partial charge in [-0.3, -0.25) is 0 Å². The molecule has 0 amide bonds. The van der Waals surface area contributed by atoms with Gasteiger partial charge in [-0.25, -0.2) is 4.98 Å². The van der Waals surface area contributed by atoms with Crippen LogP contribution in [0.3, 0.4) is 0 Å². The molecule has 2 heterocycles. The number of oxime groups is 1. The van der Waals surface area contributed by atoms with Crippen LogP contribution in [-0.2, 0) is 6.54 Å². The van der Waals surface area contributed by atoms with E-state index in [0.717, 1.165) is 20.7 Å². The Morgan fingerprint density at radius 2 is 2.25 bits per heavy atom. The van der Waals surface area contributed by atoms with Gasteiger partial charge in [0, 0.05) is 23.2 Å². The third kappa shape index (κ3) is 3.40. The number of halogens is 1. The van der Waals surface area contributed by atoms with Crippen LogP contribution in [0.5, 0.6) is 0 Å². The average Bonchev–Trinajstić information content (AvgIpc) is 2.82. The first kappa shape index (κ1) is 14.6. The van der Waals surface area contributed by atoms with E-state index in [1.165, 1.54) is 11.3 Å². The Labute approximate surface area is 126 Å². The van der Waals surface area contributed by atoms with Gasteiger partial charge in [0.1, 0.15) is 5.82 Å². The van der Waals surface area contributed by atoms with Gasteiger partial charge < -0.3 is 15.8 Å². The maximum Gasteiger partial charge on any atom is 0.170 e. The lowest BCUT2D eigenvalue weighted by Gasteiger charge is -2.18. The number of amidine groups is 1. The Hall–Kier alpha value is -1.79. The van der Waals surface area contributed by atoms with Gasteiger partial charge in [0.2, 0.25) is 0 Å². The van der Waals surface area contributed by atoms with E-state index in [1.54, 1.807) is 12.1 Å². The van der Waals surface area contributed by atoms with Gasteiger partial charge in [0.05, 0.1) is 10.9 Å². The number of pyridine rings is 1. The van der Waals surface area contributed by atoms with Crippen molar-refractivity contribution < 1.29 is 5.21 Å². The molecular formula is C13H15ClN4OS. The molecule has 0 unspecified atom stereocenters. The maximum absolute atomic E-state index is 8.76. The standard InChI is InChI=1S/C13H15ClN4OS/c1-8-5-9(13(15)17-19)6-12(16-8)18(2)7-10-3-4-11(14)20-10/h3-6,19H,7H2,1-2H3,(H2,15,17). The first-order valence-electron chi connectivity index (χ1n) is 5.91. The monoisotopic (exact) mass is 310 g/mol. The minimum absolute atomic E-state index is 0.0734. The molecule has 3 N–H and O–H groups in total. The lowest BCUT2D eigenvalue weighted by Crippen LogP contribution is -2.20. The minimum atomic E-state index is 0.0734. The second-order valence-electron chi connectivity index (χ2n) is 4.40. The molecule has 0 aliphatic heterocycles. The van der Waals surface area contributed by atoms with Crippen molar-refractivity contribution in [3.63, 3.8) is 0 Å². The van der Waals surface area contributed by atoms with E-state index >= 15 is 0 Å². The Morgan fingerprint density at radius 3 is 2.85 bits per heavy atom. The maximum atomic E-state index is 8.76. The predicted molar refractivity (Wildman–Crippen MR) is 82.9 cm³/mol. The molecule has 0 saturated carbocycles. The molecule has 2 aromatic heterocycles. The van der Waals surface area contributed by atoms with Crippen molar-refractivity contribution in [3.8, 4) is 0 Å². The molecule has 0 radical (unpaired) electrons. The third-order valence-electron chi connectivity index (χ3n) is 2.76. The van der Waals surface area contributed by atoms with Gasteiger partial charge in [-0.15, -0.1) is 11.3 Å². The summed E-state index contributed by atoms with van der Waals surface area (Å²) in [6, 6.07) is 7.43. The molecule has 5 nitrogen and oxygen atoms in total. The zero-order valence-corrected chi connectivity index (χ0v) is 12.7. The van der Waals surface area contributed by atoms with Gasteiger partial charge in [0.25, 0.3) is 0 Å².